The van der Waals surface area contributed by atoms with Gasteiger partial charge in [-0.2, -0.15) is 0 Å². The second-order valence-corrected chi connectivity index (χ2v) is 16.5. The number of hydrogen-bond donors (Lipinski definition) is 0. The number of rotatable bonds is 6. The van der Waals surface area contributed by atoms with Crippen molar-refractivity contribution in [1.82, 2.24) is 14.5 Å². The quantitative estimate of drug-likeness (QED) is 0.160. The number of aromatic nitrogens is 3. The van der Waals surface area contributed by atoms with Crippen LogP contribution in [0.5, 0.6) is 0 Å². The van der Waals surface area contributed by atoms with E-state index in [0.29, 0.717) is 17.8 Å². The van der Waals surface area contributed by atoms with Crippen LogP contribution in [0.3, 0.4) is 0 Å². The SMILES string of the molecule is C1=CC2c3ccccc3N(c3cc(-c4cc(C5CC=CCC5c5ccccc5)nc(C5CC=CCC5)n4)cc(-n4c5c(c6ccccc64)CCCC5)c3)C2C=C1. The second-order valence-electron chi connectivity index (χ2n) is 16.5. The minimum Gasteiger partial charge on any atom is -0.333 e. The Morgan fingerprint density at radius 1 is 0.643 bits per heavy atom. The Kier molecular flexibility index (Phi) is 8.45. The van der Waals surface area contributed by atoms with Gasteiger partial charge in [-0.25, -0.2) is 9.97 Å². The predicted molar refractivity (Wildman–Crippen MR) is 230 cm³/mol. The summed E-state index contributed by atoms with van der Waals surface area (Å²) in [6.07, 6.45) is 28.5. The molecule has 0 spiro atoms. The molecule has 4 nitrogen and oxygen atoms in total. The summed E-state index contributed by atoms with van der Waals surface area (Å²) in [5.74, 6) is 2.31. The topological polar surface area (TPSA) is 34.0 Å². The molecule has 5 atom stereocenters. The molecule has 5 unspecified atom stereocenters. The maximum Gasteiger partial charge on any atom is 0.132 e. The van der Waals surface area contributed by atoms with Crippen LogP contribution in [-0.4, -0.2) is 20.6 Å². The van der Waals surface area contributed by atoms with E-state index in [2.05, 4.69) is 161 Å². The van der Waals surface area contributed by atoms with Gasteiger partial charge in [0.2, 0.25) is 0 Å². The first-order chi connectivity index (χ1) is 27.8. The van der Waals surface area contributed by atoms with Crippen LogP contribution < -0.4 is 4.90 Å². The van der Waals surface area contributed by atoms with Crippen molar-refractivity contribution in [2.24, 2.45) is 0 Å². The van der Waals surface area contributed by atoms with E-state index in [9.17, 15) is 0 Å². The normalized spacial score (nSPS) is 23.6. The fourth-order valence-corrected chi connectivity index (χ4v) is 10.6. The molecule has 0 N–H and O–H groups in total. The molecule has 2 aromatic heterocycles. The molecule has 0 amide bonds. The molecule has 3 heterocycles. The summed E-state index contributed by atoms with van der Waals surface area (Å²) in [4.78, 5) is 13.7. The highest BCUT2D eigenvalue weighted by Crippen LogP contribution is 2.49. The molecule has 0 fully saturated rings. The third kappa shape index (κ3) is 5.72. The van der Waals surface area contributed by atoms with Crippen LogP contribution in [0.25, 0.3) is 27.8 Å². The lowest BCUT2D eigenvalue weighted by Crippen LogP contribution is -2.28. The van der Waals surface area contributed by atoms with E-state index in [-0.39, 0.29) is 12.0 Å². The third-order valence-electron chi connectivity index (χ3n) is 13.3. The van der Waals surface area contributed by atoms with Crippen LogP contribution in [0.2, 0.25) is 0 Å². The minimum absolute atomic E-state index is 0.210. The molecule has 5 aliphatic rings. The molecular weight excluding hydrogens is 681 g/mol. The summed E-state index contributed by atoms with van der Waals surface area (Å²) < 4.78 is 2.60. The van der Waals surface area contributed by atoms with Crippen LogP contribution in [0.1, 0.15) is 103 Å². The summed E-state index contributed by atoms with van der Waals surface area (Å²) in [5, 5.41) is 1.40. The highest BCUT2D eigenvalue weighted by atomic mass is 15.2. The maximum atomic E-state index is 5.57. The van der Waals surface area contributed by atoms with Gasteiger partial charge in [-0.3, -0.25) is 0 Å². The molecule has 4 aromatic carbocycles. The second kappa shape index (κ2) is 14.1. The average molecular weight is 729 g/mol. The van der Waals surface area contributed by atoms with Gasteiger partial charge in [-0.1, -0.05) is 115 Å². The fraction of sp³-hybridized carbons (Fsp3) is 0.269. The van der Waals surface area contributed by atoms with Gasteiger partial charge in [0, 0.05) is 57.2 Å². The van der Waals surface area contributed by atoms with Crippen LogP contribution in [0, 0.1) is 0 Å². The zero-order chi connectivity index (χ0) is 37.0. The number of allylic oxidation sites excluding steroid dienone is 6. The minimum atomic E-state index is 0.210. The largest absolute Gasteiger partial charge is 0.333 e. The van der Waals surface area contributed by atoms with Crippen molar-refractivity contribution < 1.29 is 0 Å². The first-order valence-corrected chi connectivity index (χ1v) is 21.0. The summed E-state index contributed by atoms with van der Waals surface area (Å²) in [7, 11) is 0. The molecule has 11 rings (SSSR count). The lowest BCUT2D eigenvalue weighted by atomic mass is 9.76. The number of hydrogen-bond acceptors (Lipinski definition) is 3. The maximum absolute atomic E-state index is 5.57. The van der Waals surface area contributed by atoms with Crippen molar-refractivity contribution in [3.05, 3.63) is 186 Å². The number of anilines is 2. The van der Waals surface area contributed by atoms with Crippen molar-refractivity contribution in [2.45, 2.75) is 87.5 Å². The van der Waals surface area contributed by atoms with Gasteiger partial charge in [0.15, 0.2) is 0 Å². The van der Waals surface area contributed by atoms with E-state index in [4.69, 9.17) is 9.97 Å². The van der Waals surface area contributed by atoms with Gasteiger partial charge in [0.25, 0.3) is 0 Å². The van der Waals surface area contributed by atoms with Crippen molar-refractivity contribution in [3.63, 3.8) is 0 Å². The van der Waals surface area contributed by atoms with Crippen molar-refractivity contribution in [2.75, 3.05) is 4.90 Å². The van der Waals surface area contributed by atoms with Gasteiger partial charge < -0.3 is 9.47 Å². The molecule has 56 heavy (non-hydrogen) atoms. The van der Waals surface area contributed by atoms with Crippen LogP contribution in [-0.2, 0) is 12.8 Å². The van der Waals surface area contributed by atoms with Crippen LogP contribution in [0.15, 0.2) is 152 Å². The zero-order valence-corrected chi connectivity index (χ0v) is 32.0. The Morgan fingerprint density at radius 3 is 2.34 bits per heavy atom. The lowest BCUT2D eigenvalue weighted by Gasteiger charge is -2.31. The van der Waals surface area contributed by atoms with Crippen molar-refractivity contribution in [1.29, 1.82) is 0 Å². The Balaban J connectivity index is 1.14. The third-order valence-corrected chi connectivity index (χ3v) is 13.3. The standard InChI is InChI=1S/C52H48N4/c1-3-17-35(18-4-1)40-21-7-8-22-41(40)47-34-46(53-52(54-47)36-19-5-2-6-20-36)37-31-38(55-48-27-13-9-23-42(48)43-24-10-14-28-49(43)55)33-39(32-37)56-50-29-15-11-25-44(50)45-26-12-16-30-51(45)56/h1-5,7-11,13-15,17-18,23-25,27-29,31-34,36,40-42,48H,6,12,16,19-22,26,30H2. The highest BCUT2D eigenvalue weighted by Gasteiger charge is 2.38. The molecule has 0 radical (unpaired) electrons. The molecule has 0 bridgehead atoms. The molecule has 276 valence electrons. The monoisotopic (exact) mass is 728 g/mol. The highest BCUT2D eigenvalue weighted by molar-refractivity contribution is 5.89. The van der Waals surface area contributed by atoms with Crippen LogP contribution in [0.4, 0.5) is 11.4 Å². The van der Waals surface area contributed by atoms with E-state index in [1.165, 1.54) is 68.9 Å². The number of aryl methyl sites for hydroxylation is 1. The summed E-state index contributed by atoms with van der Waals surface area (Å²) in [6, 6.07) is 39.1. The zero-order valence-electron chi connectivity index (χ0n) is 32.0. The number of benzene rings is 4. The summed E-state index contributed by atoms with van der Waals surface area (Å²) >= 11 is 0. The van der Waals surface area contributed by atoms with E-state index in [0.717, 1.165) is 62.0 Å². The lowest BCUT2D eigenvalue weighted by molar-refractivity contribution is 0.505. The van der Waals surface area contributed by atoms with E-state index >= 15 is 0 Å². The van der Waals surface area contributed by atoms with Gasteiger partial charge >= 0.3 is 0 Å². The van der Waals surface area contributed by atoms with E-state index < -0.39 is 0 Å². The molecular formula is C52H48N4. The molecule has 1 aliphatic heterocycles. The molecule has 4 aliphatic carbocycles. The molecule has 4 heteroatoms. The van der Waals surface area contributed by atoms with Gasteiger partial charge in [-0.05, 0) is 117 Å². The first-order valence-electron chi connectivity index (χ1n) is 21.0. The number of para-hydroxylation sites is 2. The number of nitrogens with zero attached hydrogens (tertiary/aromatic N) is 4. The molecule has 6 aromatic rings. The Bertz CT molecular complexity index is 2570. The van der Waals surface area contributed by atoms with Gasteiger partial charge in [0.1, 0.15) is 5.82 Å². The molecule has 0 saturated carbocycles. The van der Waals surface area contributed by atoms with Crippen molar-refractivity contribution in [3.8, 4) is 16.9 Å². The van der Waals surface area contributed by atoms with Crippen molar-refractivity contribution >= 4 is 22.3 Å². The Hall–Kier alpha value is -5.74. The summed E-state index contributed by atoms with van der Waals surface area (Å²) in [5.41, 5.74) is 14.2. The van der Waals surface area contributed by atoms with Gasteiger partial charge in [-0.15, -0.1) is 0 Å². The van der Waals surface area contributed by atoms with E-state index in [1.54, 1.807) is 0 Å². The van der Waals surface area contributed by atoms with E-state index in [1.807, 2.05) is 0 Å². The van der Waals surface area contributed by atoms with Crippen LogP contribution >= 0.6 is 0 Å². The molecule has 0 saturated heterocycles. The predicted octanol–water partition coefficient (Wildman–Crippen LogP) is 12.7. The first kappa shape index (κ1) is 33.6. The Labute approximate surface area is 330 Å². The number of fused-ring (bicyclic) bond motifs is 6. The van der Waals surface area contributed by atoms with Gasteiger partial charge in [0.05, 0.1) is 17.3 Å². The average Bonchev–Trinajstić information content (AvgIpc) is 3.80. The fourth-order valence-electron chi connectivity index (χ4n) is 10.6. The smallest absolute Gasteiger partial charge is 0.132 e. The summed E-state index contributed by atoms with van der Waals surface area (Å²) in [6.45, 7) is 0. The Morgan fingerprint density at radius 2 is 1.43 bits per heavy atom.